The molecular formula is C67H73BN2. The number of allylic oxidation sites excluding steroid dienone is 1. The quantitative estimate of drug-likeness (QED) is 0.162. The Morgan fingerprint density at radius 2 is 1.09 bits per heavy atom. The Bertz CT molecular complexity index is 3280. The summed E-state index contributed by atoms with van der Waals surface area (Å²) in [6.45, 7) is 33.1. The van der Waals surface area contributed by atoms with Gasteiger partial charge in [0, 0.05) is 44.8 Å². The predicted octanol–water partition coefficient (Wildman–Crippen LogP) is 16.6. The standard InChI is InChI=1S/C67H73BN2/c1-42-34-44(3)61-52(35-42)66(13)32-18-19-33-67(66,14)53(61)38-45-22-29-54-58(39-45)69(50-27-23-47(24-28-50)63(4,5)6)59-36-43(2)37-60-62(59)68(54)55-41-49(65(10,11)12)26-31-57(55)70(60)56-30-25-48(64(7,8)9)40-51(56)46-20-16-15-17-21-46/h15-17,20-31,34-41H,18-19,32-33H2,1-14H3/b53-38+. The Labute approximate surface area is 421 Å². The maximum atomic E-state index is 2.62. The molecule has 7 aromatic carbocycles. The minimum Gasteiger partial charge on any atom is -0.311 e. The average molecular weight is 917 g/mol. The SMILES string of the molecule is Cc1cc2c3c(c1)N(c1ccc(C(C)(C)C)cc1-c1ccccc1)c1ccc(C(C)(C)C)cc1B3c1ccc(/C=C3\c4c(C)cc(C)cc4C4(C)CCCCC34C)cc1N2c1ccc(C(C)(C)C)cc1. The van der Waals surface area contributed by atoms with Crippen LogP contribution < -0.4 is 26.2 Å². The Hall–Kier alpha value is -6.06. The predicted molar refractivity (Wildman–Crippen MR) is 304 cm³/mol. The normalized spacial score (nSPS) is 20.0. The number of anilines is 6. The van der Waals surface area contributed by atoms with Crippen molar-refractivity contribution >= 4 is 68.9 Å². The van der Waals surface area contributed by atoms with Gasteiger partial charge < -0.3 is 9.80 Å². The number of hydrogen-bond acceptors (Lipinski definition) is 2. The monoisotopic (exact) mass is 917 g/mol. The molecule has 11 rings (SSSR count). The highest BCUT2D eigenvalue weighted by Crippen LogP contribution is 2.66. The van der Waals surface area contributed by atoms with Crippen molar-refractivity contribution in [3.05, 3.63) is 184 Å². The summed E-state index contributed by atoms with van der Waals surface area (Å²) >= 11 is 0. The van der Waals surface area contributed by atoms with Gasteiger partial charge in [-0.2, -0.15) is 0 Å². The van der Waals surface area contributed by atoms with E-state index in [2.05, 4.69) is 246 Å². The molecule has 2 aliphatic heterocycles. The van der Waals surface area contributed by atoms with E-state index in [0.29, 0.717) is 0 Å². The molecule has 0 aromatic heterocycles. The smallest absolute Gasteiger partial charge is 0.252 e. The zero-order chi connectivity index (χ0) is 49.4. The first-order chi connectivity index (χ1) is 33.1. The second-order valence-electron chi connectivity index (χ2n) is 25.2. The summed E-state index contributed by atoms with van der Waals surface area (Å²) in [5, 5.41) is 0. The number of benzene rings is 7. The molecule has 7 aromatic rings. The summed E-state index contributed by atoms with van der Waals surface area (Å²) in [6.07, 6.45) is 7.63. The van der Waals surface area contributed by atoms with Crippen LogP contribution in [0.3, 0.4) is 0 Å². The van der Waals surface area contributed by atoms with Gasteiger partial charge in [-0.3, -0.25) is 0 Å². The van der Waals surface area contributed by atoms with Crippen LogP contribution in [0.4, 0.5) is 34.1 Å². The topological polar surface area (TPSA) is 6.48 Å². The lowest BCUT2D eigenvalue weighted by atomic mass is 9.33. The molecule has 1 fully saturated rings. The van der Waals surface area contributed by atoms with Gasteiger partial charge >= 0.3 is 0 Å². The van der Waals surface area contributed by atoms with E-state index >= 15 is 0 Å². The van der Waals surface area contributed by atoms with Crippen molar-refractivity contribution in [2.45, 2.75) is 144 Å². The lowest BCUT2D eigenvalue weighted by Gasteiger charge is -2.47. The Morgan fingerprint density at radius 1 is 0.500 bits per heavy atom. The van der Waals surface area contributed by atoms with Gasteiger partial charge in [0.05, 0.1) is 5.69 Å². The lowest BCUT2D eigenvalue weighted by molar-refractivity contribution is 0.165. The van der Waals surface area contributed by atoms with E-state index in [1.165, 1.54) is 137 Å². The second-order valence-corrected chi connectivity index (χ2v) is 25.2. The van der Waals surface area contributed by atoms with Crippen molar-refractivity contribution < 1.29 is 0 Å². The van der Waals surface area contributed by atoms with Crippen LogP contribution in [0.15, 0.2) is 133 Å². The van der Waals surface area contributed by atoms with Gasteiger partial charge in [0.2, 0.25) is 0 Å². The number of hydrogen-bond donors (Lipinski definition) is 0. The molecule has 0 N–H and O–H groups in total. The van der Waals surface area contributed by atoms with Crippen molar-refractivity contribution in [3.63, 3.8) is 0 Å². The first-order valence-electron chi connectivity index (χ1n) is 26.2. The van der Waals surface area contributed by atoms with Crippen LogP contribution in [-0.2, 0) is 21.7 Å². The molecule has 1 saturated carbocycles. The van der Waals surface area contributed by atoms with Crippen LogP contribution in [0.5, 0.6) is 0 Å². The molecule has 2 heterocycles. The molecular weight excluding hydrogens is 844 g/mol. The number of nitrogens with zero attached hydrogens (tertiary/aromatic N) is 2. The van der Waals surface area contributed by atoms with Crippen molar-refractivity contribution in [1.29, 1.82) is 0 Å². The third-order valence-corrected chi connectivity index (χ3v) is 17.4. The molecule has 0 saturated heterocycles. The van der Waals surface area contributed by atoms with Crippen LogP contribution in [-0.4, -0.2) is 6.71 Å². The molecule has 4 aliphatic rings. The summed E-state index contributed by atoms with van der Waals surface area (Å²) in [5.41, 5.74) is 28.1. The highest BCUT2D eigenvalue weighted by Gasteiger charge is 2.56. The molecule has 0 spiro atoms. The summed E-state index contributed by atoms with van der Waals surface area (Å²) in [6, 6.07) is 52.5. The van der Waals surface area contributed by atoms with E-state index < -0.39 is 0 Å². The fourth-order valence-electron chi connectivity index (χ4n) is 13.2. The van der Waals surface area contributed by atoms with Crippen LogP contribution in [0.25, 0.3) is 22.8 Å². The first kappa shape index (κ1) is 46.3. The molecule has 354 valence electrons. The van der Waals surface area contributed by atoms with Gasteiger partial charge in [0.25, 0.3) is 6.71 Å². The molecule has 2 unspecified atom stereocenters. The largest absolute Gasteiger partial charge is 0.311 e. The Kier molecular flexibility index (Phi) is 10.6. The molecule has 3 heteroatoms. The van der Waals surface area contributed by atoms with Crippen LogP contribution in [0, 0.1) is 26.2 Å². The van der Waals surface area contributed by atoms with E-state index in [1.54, 1.807) is 5.56 Å². The van der Waals surface area contributed by atoms with Crippen molar-refractivity contribution in [2.75, 3.05) is 9.80 Å². The summed E-state index contributed by atoms with van der Waals surface area (Å²) in [5.74, 6) is 0. The maximum absolute atomic E-state index is 2.62. The van der Waals surface area contributed by atoms with Gasteiger partial charge in [-0.05, 0) is 170 Å². The molecule has 2 atom stereocenters. The van der Waals surface area contributed by atoms with Gasteiger partial charge in [-0.15, -0.1) is 0 Å². The van der Waals surface area contributed by atoms with E-state index in [0.717, 1.165) is 0 Å². The molecule has 0 radical (unpaired) electrons. The average Bonchev–Trinajstić information content (AvgIpc) is 3.50. The van der Waals surface area contributed by atoms with Gasteiger partial charge in [-0.25, -0.2) is 0 Å². The van der Waals surface area contributed by atoms with Gasteiger partial charge in [0.15, 0.2) is 0 Å². The first-order valence-corrected chi connectivity index (χ1v) is 26.2. The third-order valence-electron chi connectivity index (χ3n) is 17.4. The van der Waals surface area contributed by atoms with Gasteiger partial charge in [-0.1, -0.05) is 186 Å². The number of fused-ring (bicyclic) bond motifs is 7. The van der Waals surface area contributed by atoms with Crippen LogP contribution in [0.2, 0.25) is 0 Å². The molecule has 0 amide bonds. The van der Waals surface area contributed by atoms with E-state index in [9.17, 15) is 0 Å². The maximum Gasteiger partial charge on any atom is 0.252 e. The summed E-state index contributed by atoms with van der Waals surface area (Å²) in [7, 11) is 0. The third kappa shape index (κ3) is 7.19. The fraction of sp³-hybridized carbons (Fsp3) is 0.343. The lowest BCUT2D eigenvalue weighted by Crippen LogP contribution is -2.61. The number of rotatable bonds is 4. The zero-order valence-corrected chi connectivity index (χ0v) is 44.6. The molecule has 2 nitrogen and oxygen atoms in total. The summed E-state index contributed by atoms with van der Waals surface area (Å²) < 4.78 is 0. The zero-order valence-electron chi connectivity index (χ0n) is 44.6. The molecule has 2 aliphatic carbocycles. The Balaban J connectivity index is 1.20. The fourth-order valence-corrected chi connectivity index (χ4v) is 13.2. The highest BCUT2D eigenvalue weighted by atomic mass is 15.2. The number of aryl methyl sites for hydroxylation is 3. The molecule has 0 bridgehead atoms. The second kappa shape index (κ2) is 16.0. The highest BCUT2D eigenvalue weighted by molar-refractivity contribution is 7.00. The molecule has 70 heavy (non-hydrogen) atoms. The van der Waals surface area contributed by atoms with E-state index in [-0.39, 0.29) is 33.8 Å². The van der Waals surface area contributed by atoms with Crippen LogP contribution in [0.1, 0.15) is 152 Å². The summed E-state index contributed by atoms with van der Waals surface area (Å²) in [4.78, 5) is 5.24. The van der Waals surface area contributed by atoms with Gasteiger partial charge in [0.1, 0.15) is 0 Å². The van der Waals surface area contributed by atoms with Crippen LogP contribution >= 0.6 is 0 Å². The van der Waals surface area contributed by atoms with E-state index in [1.807, 2.05) is 0 Å². The van der Waals surface area contributed by atoms with Crippen molar-refractivity contribution in [3.8, 4) is 11.1 Å². The van der Waals surface area contributed by atoms with Crippen molar-refractivity contribution in [2.24, 2.45) is 5.41 Å². The van der Waals surface area contributed by atoms with Crippen molar-refractivity contribution in [1.82, 2.24) is 0 Å². The Morgan fingerprint density at radius 3 is 1.74 bits per heavy atom. The minimum absolute atomic E-state index is 0.00852. The minimum atomic E-state index is -0.0356. The van der Waals surface area contributed by atoms with E-state index in [4.69, 9.17) is 0 Å².